The minimum Gasteiger partial charge on any atom is -0.336 e. The third-order valence-corrected chi connectivity index (χ3v) is 4.08. The quantitative estimate of drug-likeness (QED) is 0.859. The Morgan fingerprint density at radius 1 is 1.67 bits per heavy atom. The number of hydrogen-bond acceptors (Lipinski definition) is 4. The molecular formula is C13H21N3OS. The minimum absolute atomic E-state index is 0.139. The van der Waals surface area contributed by atoms with Gasteiger partial charge in [-0.2, -0.15) is 0 Å². The van der Waals surface area contributed by atoms with Gasteiger partial charge in [-0.1, -0.05) is 13.3 Å². The van der Waals surface area contributed by atoms with Gasteiger partial charge in [0.2, 0.25) is 0 Å². The van der Waals surface area contributed by atoms with Crippen LogP contribution in [0.2, 0.25) is 0 Å². The average Bonchev–Trinajstić information content (AvgIpc) is 3.06. The van der Waals surface area contributed by atoms with Crippen LogP contribution >= 0.6 is 11.3 Å². The number of rotatable bonds is 6. The third-order valence-electron chi connectivity index (χ3n) is 3.32. The fraction of sp³-hybridized carbons (Fsp3) is 0.692. The van der Waals surface area contributed by atoms with Crippen LogP contribution in [0.5, 0.6) is 0 Å². The third kappa shape index (κ3) is 3.53. The van der Waals surface area contributed by atoms with Crippen LogP contribution in [-0.2, 0) is 0 Å². The van der Waals surface area contributed by atoms with E-state index in [1.165, 1.54) is 24.2 Å². The average molecular weight is 267 g/mol. The largest absolute Gasteiger partial charge is 0.336 e. The molecule has 5 heteroatoms. The van der Waals surface area contributed by atoms with Gasteiger partial charge >= 0.3 is 0 Å². The monoisotopic (exact) mass is 267 g/mol. The molecule has 1 N–H and O–H groups in total. The second-order valence-corrected chi connectivity index (χ2v) is 5.65. The van der Waals surface area contributed by atoms with Crippen molar-refractivity contribution in [2.75, 3.05) is 19.6 Å². The van der Waals surface area contributed by atoms with Gasteiger partial charge in [0.15, 0.2) is 0 Å². The Morgan fingerprint density at radius 2 is 2.56 bits per heavy atom. The van der Waals surface area contributed by atoms with Crippen LogP contribution in [-0.4, -0.2) is 41.5 Å². The van der Waals surface area contributed by atoms with Gasteiger partial charge < -0.3 is 10.2 Å². The van der Waals surface area contributed by atoms with Crippen molar-refractivity contribution in [3.05, 3.63) is 16.6 Å². The van der Waals surface area contributed by atoms with Crippen LogP contribution < -0.4 is 5.32 Å². The molecule has 1 unspecified atom stereocenters. The molecule has 1 aliphatic rings. The first kappa shape index (κ1) is 13.5. The number of carbonyl (C=O) groups is 1. The van der Waals surface area contributed by atoms with Crippen LogP contribution in [0.3, 0.4) is 0 Å². The van der Waals surface area contributed by atoms with Gasteiger partial charge in [0, 0.05) is 19.1 Å². The van der Waals surface area contributed by atoms with E-state index in [9.17, 15) is 4.79 Å². The lowest BCUT2D eigenvalue weighted by Crippen LogP contribution is -2.41. The molecule has 0 saturated carbocycles. The topological polar surface area (TPSA) is 45.2 Å². The molecule has 4 nitrogen and oxygen atoms in total. The highest BCUT2D eigenvalue weighted by Gasteiger charge is 2.22. The van der Waals surface area contributed by atoms with Crippen molar-refractivity contribution in [3.8, 4) is 0 Å². The van der Waals surface area contributed by atoms with E-state index in [0.29, 0.717) is 6.04 Å². The van der Waals surface area contributed by atoms with E-state index in [-0.39, 0.29) is 5.91 Å². The number of hydrogen-bond donors (Lipinski definition) is 1. The van der Waals surface area contributed by atoms with Crippen molar-refractivity contribution in [1.82, 2.24) is 15.2 Å². The summed E-state index contributed by atoms with van der Waals surface area (Å²) in [6.07, 6.45) is 6.26. The van der Waals surface area contributed by atoms with Crippen molar-refractivity contribution in [1.29, 1.82) is 0 Å². The lowest BCUT2D eigenvalue weighted by molar-refractivity contribution is 0.0744. The molecule has 1 aromatic rings. The summed E-state index contributed by atoms with van der Waals surface area (Å²) in [7, 11) is 0. The summed E-state index contributed by atoms with van der Waals surface area (Å²) in [5.74, 6) is 0.139. The number of unbranched alkanes of at least 4 members (excludes halogenated alkanes) is 1. The Morgan fingerprint density at radius 3 is 3.17 bits per heavy atom. The predicted octanol–water partition coefficient (Wildman–Crippen LogP) is 2.14. The summed E-state index contributed by atoms with van der Waals surface area (Å²) >= 11 is 1.43. The standard InChI is InChI=1S/C13H21N3OS/c1-2-3-7-16(9-11-5-4-6-15-11)13(17)12-8-14-10-18-12/h8,10-11,15H,2-7,9H2,1H3. The first-order valence-electron chi connectivity index (χ1n) is 6.72. The smallest absolute Gasteiger partial charge is 0.265 e. The van der Waals surface area contributed by atoms with Gasteiger partial charge in [0.05, 0.1) is 11.7 Å². The zero-order valence-electron chi connectivity index (χ0n) is 10.9. The number of nitrogens with zero attached hydrogens (tertiary/aromatic N) is 2. The molecule has 1 aliphatic heterocycles. The van der Waals surface area contributed by atoms with Crippen LogP contribution in [0.25, 0.3) is 0 Å². The molecule has 2 heterocycles. The van der Waals surface area contributed by atoms with Crippen molar-refractivity contribution >= 4 is 17.2 Å². The molecular weight excluding hydrogens is 246 g/mol. The molecule has 0 bridgehead atoms. The summed E-state index contributed by atoms with van der Waals surface area (Å²) in [5, 5.41) is 3.46. The molecule has 100 valence electrons. The van der Waals surface area contributed by atoms with Crippen molar-refractivity contribution in [3.63, 3.8) is 0 Å². The Kier molecular flexibility index (Phi) is 5.13. The molecule has 0 aliphatic carbocycles. The van der Waals surface area contributed by atoms with Gasteiger partial charge in [-0.05, 0) is 25.8 Å². The van der Waals surface area contributed by atoms with Crippen LogP contribution in [0.1, 0.15) is 42.3 Å². The van der Waals surface area contributed by atoms with Crippen molar-refractivity contribution in [2.45, 2.75) is 38.6 Å². The van der Waals surface area contributed by atoms with Crippen LogP contribution in [0.15, 0.2) is 11.7 Å². The predicted molar refractivity (Wildman–Crippen MR) is 74.0 cm³/mol. The molecule has 1 saturated heterocycles. The molecule has 2 rings (SSSR count). The van der Waals surface area contributed by atoms with E-state index in [1.807, 2.05) is 4.90 Å². The van der Waals surface area contributed by atoms with Gasteiger partial charge in [0.1, 0.15) is 4.88 Å². The SMILES string of the molecule is CCCCN(CC1CCCN1)C(=O)c1cncs1. The molecule has 0 spiro atoms. The lowest BCUT2D eigenvalue weighted by Gasteiger charge is -2.25. The van der Waals surface area contributed by atoms with E-state index in [0.717, 1.165) is 37.4 Å². The van der Waals surface area contributed by atoms with Gasteiger partial charge in [-0.15, -0.1) is 11.3 Å². The summed E-state index contributed by atoms with van der Waals surface area (Å²) in [4.78, 5) is 19.1. The summed E-state index contributed by atoms with van der Waals surface area (Å²) < 4.78 is 0. The Hall–Kier alpha value is -0.940. The summed E-state index contributed by atoms with van der Waals surface area (Å²) in [6.45, 7) is 4.92. The van der Waals surface area contributed by atoms with Crippen LogP contribution in [0.4, 0.5) is 0 Å². The van der Waals surface area contributed by atoms with E-state index in [4.69, 9.17) is 0 Å². The minimum atomic E-state index is 0.139. The molecule has 1 fully saturated rings. The maximum absolute atomic E-state index is 12.4. The molecule has 1 amide bonds. The number of thiazole rings is 1. The number of carbonyl (C=O) groups excluding carboxylic acids is 1. The first-order chi connectivity index (χ1) is 8.81. The van der Waals surface area contributed by atoms with Gasteiger partial charge in [-0.25, -0.2) is 0 Å². The fourth-order valence-corrected chi connectivity index (χ4v) is 2.87. The number of amides is 1. The highest BCUT2D eigenvalue weighted by Crippen LogP contribution is 2.14. The highest BCUT2D eigenvalue weighted by atomic mass is 32.1. The molecule has 0 radical (unpaired) electrons. The molecule has 1 aromatic heterocycles. The van der Waals surface area contributed by atoms with E-state index in [2.05, 4.69) is 17.2 Å². The maximum atomic E-state index is 12.4. The lowest BCUT2D eigenvalue weighted by atomic mass is 10.2. The first-order valence-corrected chi connectivity index (χ1v) is 7.60. The van der Waals surface area contributed by atoms with E-state index >= 15 is 0 Å². The Labute approximate surface area is 112 Å². The fourth-order valence-electron chi connectivity index (χ4n) is 2.28. The zero-order valence-corrected chi connectivity index (χ0v) is 11.7. The second-order valence-electron chi connectivity index (χ2n) is 4.76. The van der Waals surface area contributed by atoms with Crippen molar-refractivity contribution < 1.29 is 4.79 Å². The van der Waals surface area contributed by atoms with E-state index < -0.39 is 0 Å². The number of nitrogens with one attached hydrogen (secondary N) is 1. The van der Waals surface area contributed by atoms with E-state index in [1.54, 1.807) is 11.7 Å². The van der Waals surface area contributed by atoms with Gasteiger partial charge in [-0.3, -0.25) is 9.78 Å². The second kappa shape index (κ2) is 6.85. The summed E-state index contributed by atoms with van der Waals surface area (Å²) in [6, 6.07) is 0.471. The maximum Gasteiger partial charge on any atom is 0.265 e. The summed E-state index contributed by atoms with van der Waals surface area (Å²) in [5.41, 5.74) is 1.72. The Bertz CT molecular complexity index is 360. The van der Waals surface area contributed by atoms with Crippen molar-refractivity contribution in [2.24, 2.45) is 0 Å². The number of aromatic nitrogens is 1. The van der Waals surface area contributed by atoms with Gasteiger partial charge in [0.25, 0.3) is 5.91 Å². The molecule has 0 aromatic carbocycles. The Balaban J connectivity index is 1.96. The van der Waals surface area contributed by atoms with Crippen LogP contribution in [0, 0.1) is 0 Å². The highest BCUT2D eigenvalue weighted by molar-refractivity contribution is 7.11. The zero-order chi connectivity index (χ0) is 12.8. The molecule has 18 heavy (non-hydrogen) atoms. The molecule has 1 atom stereocenters. The normalized spacial score (nSPS) is 19.1.